The predicted octanol–water partition coefficient (Wildman–Crippen LogP) is 0.632. The van der Waals surface area contributed by atoms with Crippen LogP contribution in [-0.4, -0.2) is 38.0 Å². The van der Waals surface area contributed by atoms with Gasteiger partial charge in [-0.3, -0.25) is 5.43 Å². The number of aromatic amines is 1. The molecule has 0 radical (unpaired) electrons. The molecule has 0 unspecified atom stereocenters. The number of nitrogen functional groups attached to an aromatic ring is 1. The van der Waals surface area contributed by atoms with Crippen LogP contribution < -0.4 is 16.2 Å². The molecule has 1 aliphatic heterocycles. The monoisotopic (exact) mass is 278 g/mol. The van der Waals surface area contributed by atoms with Crippen LogP contribution in [-0.2, 0) is 0 Å². The summed E-state index contributed by atoms with van der Waals surface area (Å²) in [6.45, 7) is 1.94. The lowest BCUT2D eigenvalue weighted by atomic mass is 10.4. The summed E-state index contributed by atoms with van der Waals surface area (Å²) in [4.78, 5) is 22.2. The summed E-state index contributed by atoms with van der Waals surface area (Å²) in [7, 11) is 0. The van der Waals surface area contributed by atoms with Crippen molar-refractivity contribution in [1.29, 1.82) is 0 Å². The summed E-state index contributed by atoms with van der Waals surface area (Å²) in [5.74, 6) is 6.43. The molecular formula is C10H14N8S. The van der Waals surface area contributed by atoms with Gasteiger partial charge < -0.3 is 9.88 Å². The summed E-state index contributed by atoms with van der Waals surface area (Å²) < 4.78 is 0. The lowest BCUT2D eigenvalue weighted by molar-refractivity contribution is 0.825. The first-order valence-corrected chi connectivity index (χ1v) is 6.81. The second-order valence-corrected chi connectivity index (χ2v) is 5.03. The molecule has 1 saturated heterocycles. The van der Waals surface area contributed by atoms with E-state index in [1.165, 1.54) is 11.8 Å². The fraction of sp³-hybridized carbons (Fsp3) is 0.400. The SMILES string of the molecule is NNc1nc(Sc2ncc[nH]2)nc(N2CCCC2)n1. The van der Waals surface area contributed by atoms with Crippen LogP contribution in [0.25, 0.3) is 0 Å². The normalized spacial score (nSPS) is 14.9. The standard InChI is InChI=1S/C10H14N8S/c11-17-7-14-8(18-5-1-2-6-18)16-10(15-7)19-9-12-3-4-13-9/h3-4H,1-2,5-6,11H2,(H,12,13)(H,14,15,16,17). The zero-order valence-electron chi connectivity index (χ0n) is 10.2. The first-order valence-electron chi connectivity index (χ1n) is 6.00. The Bertz CT molecular complexity index is 536. The molecule has 19 heavy (non-hydrogen) atoms. The minimum Gasteiger partial charge on any atom is -0.341 e. The van der Waals surface area contributed by atoms with Crippen LogP contribution in [0.2, 0.25) is 0 Å². The largest absolute Gasteiger partial charge is 0.341 e. The molecule has 4 N–H and O–H groups in total. The second-order valence-electron chi connectivity index (χ2n) is 4.08. The fourth-order valence-electron chi connectivity index (χ4n) is 1.91. The number of aromatic nitrogens is 5. The molecule has 0 aromatic carbocycles. The summed E-state index contributed by atoms with van der Waals surface area (Å²) >= 11 is 1.35. The van der Waals surface area contributed by atoms with Gasteiger partial charge in [0.2, 0.25) is 17.1 Å². The highest BCUT2D eigenvalue weighted by molar-refractivity contribution is 7.99. The van der Waals surface area contributed by atoms with Crippen LogP contribution >= 0.6 is 11.8 Å². The summed E-state index contributed by atoms with van der Waals surface area (Å²) in [5, 5.41) is 1.31. The van der Waals surface area contributed by atoms with E-state index in [-0.39, 0.29) is 0 Å². The Hall–Kier alpha value is -1.87. The van der Waals surface area contributed by atoms with Gasteiger partial charge >= 0.3 is 0 Å². The smallest absolute Gasteiger partial charge is 0.242 e. The van der Waals surface area contributed by atoms with Crippen LogP contribution in [0.15, 0.2) is 22.7 Å². The lowest BCUT2D eigenvalue weighted by Crippen LogP contribution is -2.22. The van der Waals surface area contributed by atoms with E-state index in [0.29, 0.717) is 17.1 Å². The van der Waals surface area contributed by atoms with Gasteiger partial charge in [-0.15, -0.1) is 0 Å². The van der Waals surface area contributed by atoms with Crippen molar-refractivity contribution in [2.45, 2.75) is 23.2 Å². The third-order valence-corrected chi connectivity index (χ3v) is 3.56. The fourth-order valence-corrected chi connectivity index (χ4v) is 2.58. The Morgan fingerprint density at radius 3 is 2.79 bits per heavy atom. The molecule has 0 aliphatic carbocycles. The highest BCUT2D eigenvalue weighted by Crippen LogP contribution is 2.24. The highest BCUT2D eigenvalue weighted by Gasteiger charge is 2.17. The molecule has 2 aromatic rings. The molecule has 0 saturated carbocycles. The van der Waals surface area contributed by atoms with Crippen LogP contribution in [0.1, 0.15) is 12.8 Å². The average molecular weight is 278 g/mol. The van der Waals surface area contributed by atoms with Crippen molar-refractivity contribution in [3.63, 3.8) is 0 Å². The number of hydrogen-bond acceptors (Lipinski definition) is 8. The minimum atomic E-state index is 0.367. The molecule has 0 spiro atoms. The Kier molecular flexibility index (Phi) is 3.47. The molecule has 2 aromatic heterocycles. The molecule has 0 bridgehead atoms. The van der Waals surface area contributed by atoms with Crippen molar-refractivity contribution in [2.24, 2.45) is 5.84 Å². The third-order valence-electron chi connectivity index (χ3n) is 2.78. The number of imidazole rings is 1. The maximum Gasteiger partial charge on any atom is 0.242 e. The molecule has 3 rings (SSSR count). The number of hydrogen-bond donors (Lipinski definition) is 3. The highest BCUT2D eigenvalue weighted by atomic mass is 32.2. The van der Waals surface area contributed by atoms with Gasteiger partial charge in [-0.25, -0.2) is 10.8 Å². The molecule has 0 atom stereocenters. The maximum atomic E-state index is 5.41. The number of hydrazine groups is 1. The second kappa shape index (κ2) is 5.41. The summed E-state index contributed by atoms with van der Waals surface area (Å²) in [6.07, 6.45) is 5.77. The van der Waals surface area contributed by atoms with E-state index >= 15 is 0 Å². The molecule has 0 amide bonds. The van der Waals surface area contributed by atoms with E-state index in [1.807, 2.05) is 0 Å². The van der Waals surface area contributed by atoms with E-state index < -0.39 is 0 Å². The summed E-state index contributed by atoms with van der Waals surface area (Å²) in [6, 6.07) is 0. The topological polar surface area (TPSA) is 109 Å². The predicted molar refractivity (Wildman–Crippen MR) is 71.8 cm³/mol. The van der Waals surface area contributed by atoms with Gasteiger partial charge in [0.1, 0.15) is 0 Å². The van der Waals surface area contributed by atoms with Gasteiger partial charge in [-0.2, -0.15) is 15.0 Å². The van der Waals surface area contributed by atoms with Crippen molar-refractivity contribution < 1.29 is 0 Å². The van der Waals surface area contributed by atoms with Crippen LogP contribution in [0.3, 0.4) is 0 Å². The number of nitrogens with zero attached hydrogens (tertiary/aromatic N) is 5. The Balaban J connectivity index is 1.88. The van der Waals surface area contributed by atoms with E-state index in [0.717, 1.165) is 31.1 Å². The van der Waals surface area contributed by atoms with Crippen LogP contribution in [0.5, 0.6) is 0 Å². The van der Waals surface area contributed by atoms with E-state index in [4.69, 9.17) is 5.84 Å². The van der Waals surface area contributed by atoms with E-state index in [1.54, 1.807) is 12.4 Å². The van der Waals surface area contributed by atoms with E-state index in [9.17, 15) is 0 Å². The van der Waals surface area contributed by atoms with Gasteiger partial charge in [-0.1, -0.05) is 0 Å². The van der Waals surface area contributed by atoms with Gasteiger partial charge in [0, 0.05) is 25.5 Å². The third kappa shape index (κ3) is 2.76. The van der Waals surface area contributed by atoms with Crippen molar-refractivity contribution in [3.05, 3.63) is 12.4 Å². The molecule has 1 fully saturated rings. The Morgan fingerprint density at radius 1 is 1.26 bits per heavy atom. The number of anilines is 2. The number of rotatable bonds is 4. The van der Waals surface area contributed by atoms with Crippen molar-refractivity contribution >= 4 is 23.7 Å². The molecule has 9 heteroatoms. The van der Waals surface area contributed by atoms with Gasteiger partial charge in [0.25, 0.3) is 0 Å². The zero-order chi connectivity index (χ0) is 13.1. The quantitative estimate of drug-likeness (QED) is 0.552. The molecular weight excluding hydrogens is 264 g/mol. The van der Waals surface area contributed by atoms with E-state index in [2.05, 4.69) is 35.2 Å². The summed E-state index contributed by atoms with van der Waals surface area (Å²) in [5.41, 5.74) is 2.48. The maximum absolute atomic E-state index is 5.41. The molecule has 3 heterocycles. The van der Waals surface area contributed by atoms with Gasteiger partial charge in [0.15, 0.2) is 5.16 Å². The Labute approximate surface area is 114 Å². The molecule has 100 valence electrons. The molecule has 1 aliphatic rings. The van der Waals surface area contributed by atoms with Gasteiger partial charge in [0.05, 0.1) is 0 Å². The first kappa shape index (κ1) is 12.2. The molecule has 8 nitrogen and oxygen atoms in total. The van der Waals surface area contributed by atoms with Gasteiger partial charge in [-0.05, 0) is 24.6 Å². The number of H-pyrrole nitrogens is 1. The lowest BCUT2D eigenvalue weighted by Gasteiger charge is -2.15. The first-order chi connectivity index (χ1) is 9.35. The van der Waals surface area contributed by atoms with Crippen LogP contribution in [0, 0.1) is 0 Å². The number of nitrogens with one attached hydrogen (secondary N) is 2. The van der Waals surface area contributed by atoms with Crippen molar-refractivity contribution in [2.75, 3.05) is 23.4 Å². The average Bonchev–Trinajstić information content (AvgIpc) is 3.11. The minimum absolute atomic E-state index is 0.367. The van der Waals surface area contributed by atoms with Crippen molar-refractivity contribution in [1.82, 2.24) is 24.9 Å². The zero-order valence-corrected chi connectivity index (χ0v) is 11.0. The number of nitrogens with two attached hydrogens (primary N) is 1. The van der Waals surface area contributed by atoms with Crippen molar-refractivity contribution in [3.8, 4) is 0 Å². The Morgan fingerprint density at radius 2 is 2.11 bits per heavy atom. The van der Waals surface area contributed by atoms with Crippen LogP contribution in [0.4, 0.5) is 11.9 Å².